The van der Waals surface area contributed by atoms with Crippen LogP contribution >= 0.6 is 0 Å². The van der Waals surface area contributed by atoms with Crippen LogP contribution in [-0.4, -0.2) is 44.6 Å². The van der Waals surface area contributed by atoms with E-state index in [1.54, 1.807) is 19.9 Å². The predicted molar refractivity (Wildman–Crippen MR) is 88.4 cm³/mol. The second kappa shape index (κ2) is 8.02. The van der Waals surface area contributed by atoms with Crippen molar-refractivity contribution in [2.45, 2.75) is 62.9 Å². The third-order valence-electron chi connectivity index (χ3n) is 4.08. The number of benzene rings is 1. The largest absolute Gasteiger partial charge is 0.393 e. The van der Waals surface area contributed by atoms with Crippen LogP contribution in [0.5, 0.6) is 0 Å². The molecule has 1 aromatic rings. The molecule has 6 nitrogen and oxygen atoms in total. The van der Waals surface area contributed by atoms with Gasteiger partial charge >= 0.3 is 0 Å². The minimum atomic E-state index is -1.90. The van der Waals surface area contributed by atoms with Crippen molar-refractivity contribution < 1.29 is 24.5 Å². The summed E-state index contributed by atoms with van der Waals surface area (Å²) in [5, 5.41) is 30.0. The second-order valence-corrected chi connectivity index (χ2v) is 6.93. The zero-order valence-corrected chi connectivity index (χ0v) is 14.1. The zero-order chi connectivity index (χ0) is 18.5. The van der Waals surface area contributed by atoms with E-state index in [-0.39, 0.29) is 24.8 Å². The Balaban J connectivity index is 2.82. The minimum absolute atomic E-state index is 0.156. The van der Waals surface area contributed by atoms with Crippen LogP contribution in [0.2, 0.25) is 0 Å². The molecule has 0 saturated carbocycles. The highest BCUT2D eigenvalue weighted by Gasteiger charge is 2.41. The summed E-state index contributed by atoms with van der Waals surface area (Å²) in [6.07, 6.45) is -2.39. The molecule has 136 valence electrons. The van der Waals surface area contributed by atoms with Crippen LogP contribution in [0.15, 0.2) is 24.3 Å². The van der Waals surface area contributed by atoms with Crippen molar-refractivity contribution in [3.05, 3.63) is 35.6 Å². The van der Waals surface area contributed by atoms with Crippen molar-refractivity contribution in [2.75, 3.05) is 0 Å². The SMILES string of the molecule is CC(C)(O)CC[C@@H](O)C[C@H](O)[C@@](N)(Cc1ccccc1F)C(N)=O. The average molecular weight is 342 g/mol. The van der Waals surface area contributed by atoms with Crippen LogP contribution in [-0.2, 0) is 11.2 Å². The summed E-state index contributed by atoms with van der Waals surface area (Å²) in [4.78, 5) is 11.8. The molecule has 7 heteroatoms. The number of halogens is 1. The third-order valence-corrected chi connectivity index (χ3v) is 4.08. The zero-order valence-electron chi connectivity index (χ0n) is 14.1. The molecule has 0 bridgehead atoms. The smallest absolute Gasteiger partial charge is 0.240 e. The lowest BCUT2D eigenvalue weighted by molar-refractivity contribution is -0.128. The van der Waals surface area contributed by atoms with Gasteiger partial charge in [-0.1, -0.05) is 18.2 Å². The van der Waals surface area contributed by atoms with Gasteiger partial charge in [0.25, 0.3) is 0 Å². The molecule has 0 fully saturated rings. The van der Waals surface area contributed by atoms with Gasteiger partial charge in [-0.15, -0.1) is 0 Å². The first-order chi connectivity index (χ1) is 11.0. The molecule has 24 heavy (non-hydrogen) atoms. The van der Waals surface area contributed by atoms with E-state index in [0.29, 0.717) is 6.42 Å². The number of carbonyl (C=O) groups excluding carboxylic acids is 1. The molecule has 0 radical (unpaired) electrons. The highest BCUT2D eigenvalue weighted by molar-refractivity contribution is 5.85. The molecule has 1 amide bonds. The number of aliphatic hydroxyl groups excluding tert-OH is 2. The van der Waals surface area contributed by atoms with Gasteiger partial charge in [0.15, 0.2) is 0 Å². The number of carbonyl (C=O) groups is 1. The molecule has 0 unspecified atom stereocenters. The fourth-order valence-electron chi connectivity index (χ4n) is 2.43. The molecule has 0 aromatic heterocycles. The monoisotopic (exact) mass is 342 g/mol. The maximum atomic E-state index is 13.8. The van der Waals surface area contributed by atoms with Crippen LogP contribution in [0, 0.1) is 5.82 Å². The first kappa shape index (κ1) is 20.5. The normalized spacial score (nSPS) is 17.1. The number of hydrogen-bond donors (Lipinski definition) is 5. The molecule has 0 aliphatic carbocycles. The second-order valence-electron chi connectivity index (χ2n) is 6.93. The van der Waals surface area contributed by atoms with Crippen LogP contribution in [0.25, 0.3) is 0 Å². The quantitative estimate of drug-likeness (QED) is 0.438. The molecule has 7 N–H and O–H groups in total. The first-order valence-corrected chi connectivity index (χ1v) is 7.86. The Morgan fingerprint density at radius 2 is 1.88 bits per heavy atom. The number of amides is 1. The Morgan fingerprint density at radius 1 is 1.29 bits per heavy atom. The van der Waals surface area contributed by atoms with E-state index in [4.69, 9.17) is 11.5 Å². The minimum Gasteiger partial charge on any atom is -0.393 e. The molecule has 3 atom stereocenters. The van der Waals surface area contributed by atoms with Crippen molar-refractivity contribution in [3.8, 4) is 0 Å². The van der Waals surface area contributed by atoms with Crippen molar-refractivity contribution in [1.82, 2.24) is 0 Å². The van der Waals surface area contributed by atoms with Crippen LogP contribution in [0.1, 0.15) is 38.7 Å². The van der Waals surface area contributed by atoms with Gasteiger partial charge in [0.1, 0.15) is 11.4 Å². The van der Waals surface area contributed by atoms with E-state index in [0.717, 1.165) is 0 Å². The van der Waals surface area contributed by atoms with Gasteiger partial charge in [-0.2, -0.15) is 0 Å². The van der Waals surface area contributed by atoms with Crippen molar-refractivity contribution in [1.29, 1.82) is 0 Å². The van der Waals surface area contributed by atoms with E-state index >= 15 is 0 Å². The predicted octanol–water partition coefficient (Wildman–Crippen LogP) is 0.214. The highest BCUT2D eigenvalue weighted by Crippen LogP contribution is 2.22. The van der Waals surface area contributed by atoms with Crippen molar-refractivity contribution in [2.24, 2.45) is 11.5 Å². The molecular weight excluding hydrogens is 315 g/mol. The molecule has 0 aliphatic rings. The first-order valence-electron chi connectivity index (χ1n) is 7.86. The van der Waals surface area contributed by atoms with Gasteiger partial charge in [-0.25, -0.2) is 4.39 Å². The van der Waals surface area contributed by atoms with Crippen molar-refractivity contribution in [3.63, 3.8) is 0 Å². The van der Waals surface area contributed by atoms with E-state index < -0.39 is 35.1 Å². The molecule has 1 aromatic carbocycles. The summed E-state index contributed by atoms with van der Waals surface area (Å²) in [6, 6.07) is 5.77. The summed E-state index contributed by atoms with van der Waals surface area (Å²) in [5.41, 5.74) is 8.58. The number of primary amides is 1. The number of aliphatic hydroxyl groups is 3. The Labute approximate surface area is 141 Å². The summed E-state index contributed by atoms with van der Waals surface area (Å²) >= 11 is 0. The highest BCUT2D eigenvalue weighted by atomic mass is 19.1. The third kappa shape index (κ3) is 5.83. The summed E-state index contributed by atoms with van der Waals surface area (Å²) < 4.78 is 13.8. The maximum absolute atomic E-state index is 13.8. The summed E-state index contributed by atoms with van der Waals surface area (Å²) in [7, 11) is 0. The average Bonchev–Trinajstić information content (AvgIpc) is 2.46. The topological polar surface area (TPSA) is 130 Å². The summed E-state index contributed by atoms with van der Waals surface area (Å²) in [5.74, 6) is -1.53. The van der Waals surface area contributed by atoms with E-state index in [2.05, 4.69) is 0 Å². The van der Waals surface area contributed by atoms with E-state index in [1.807, 2.05) is 0 Å². The van der Waals surface area contributed by atoms with Crippen LogP contribution in [0.3, 0.4) is 0 Å². The lowest BCUT2D eigenvalue weighted by atomic mass is 9.82. The van der Waals surface area contributed by atoms with Gasteiger partial charge in [0.05, 0.1) is 17.8 Å². The maximum Gasteiger partial charge on any atom is 0.240 e. The van der Waals surface area contributed by atoms with Gasteiger partial charge in [-0.05, 0) is 38.3 Å². The van der Waals surface area contributed by atoms with Crippen LogP contribution in [0.4, 0.5) is 4.39 Å². The van der Waals surface area contributed by atoms with E-state index in [1.165, 1.54) is 18.2 Å². The van der Waals surface area contributed by atoms with Crippen LogP contribution < -0.4 is 11.5 Å². The molecule has 0 aliphatic heterocycles. The lowest BCUT2D eigenvalue weighted by Crippen LogP contribution is -2.62. The molecular formula is C17H27FN2O4. The molecule has 1 rings (SSSR count). The number of nitrogens with two attached hydrogens (primary N) is 2. The lowest BCUT2D eigenvalue weighted by Gasteiger charge is -2.33. The van der Waals surface area contributed by atoms with Gasteiger partial charge in [0, 0.05) is 12.8 Å². The van der Waals surface area contributed by atoms with Gasteiger partial charge < -0.3 is 26.8 Å². The summed E-state index contributed by atoms with van der Waals surface area (Å²) in [6.45, 7) is 3.20. The number of hydrogen-bond acceptors (Lipinski definition) is 5. The standard InChI is InChI=1S/C17H27FN2O4/c1-16(2,24)8-7-12(21)9-14(22)17(20,15(19)23)10-11-5-3-4-6-13(11)18/h3-6,12,14,21-22,24H,7-10,20H2,1-2H3,(H2,19,23)/t12-,14+,17+/m1/s1. The molecule has 0 spiro atoms. The Kier molecular flexibility index (Phi) is 6.86. The van der Waals surface area contributed by atoms with Gasteiger partial charge in [0.2, 0.25) is 5.91 Å². The number of rotatable bonds is 9. The van der Waals surface area contributed by atoms with E-state index in [9.17, 15) is 24.5 Å². The van der Waals surface area contributed by atoms with Crippen molar-refractivity contribution >= 4 is 5.91 Å². The molecule has 0 saturated heterocycles. The Hall–Kier alpha value is -1.54. The fourth-order valence-corrected chi connectivity index (χ4v) is 2.43. The Bertz CT molecular complexity index is 562. The fraction of sp³-hybridized carbons (Fsp3) is 0.588. The Morgan fingerprint density at radius 3 is 2.38 bits per heavy atom. The molecule has 0 heterocycles. The van der Waals surface area contributed by atoms with Gasteiger partial charge in [-0.3, -0.25) is 4.79 Å².